The molecule has 0 radical (unpaired) electrons. The van der Waals surface area contributed by atoms with Crippen LogP contribution >= 0.6 is 19.8 Å². The molecule has 0 N–H and O–H groups in total. The van der Waals surface area contributed by atoms with Crippen LogP contribution < -0.4 is 0 Å². The van der Waals surface area contributed by atoms with Crippen molar-refractivity contribution in [3.8, 4) is 0 Å². The Bertz CT molecular complexity index is 379. The van der Waals surface area contributed by atoms with Crippen LogP contribution in [0.3, 0.4) is 0 Å². The fraction of sp³-hybridized carbons (Fsp3) is 0. The lowest BCUT2D eigenvalue weighted by molar-refractivity contribution is 1.83. The van der Waals surface area contributed by atoms with Crippen molar-refractivity contribution in [1.82, 2.24) is 0 Å². The summed E-state index contributed by atoms with van der Waals surface area (Å²) in [6.45, 7) is 0. The van der Waals surface area contributed by atoms with Crippen LogP contribution in [0.5, 0.6) is 0 Å². The summed E-state index contributed by atoms with van der Waals surface area (Å²) in [5, 5.41) is 3.30. The van der Waals surface area contributed by atoms with Crippen molar-refractivity contribution in [3.05, 3.63) is 41.2 Å². The molecule has 0 spiro atoms. The van der Waals surface area contributed by atoms with Gasteiger partial charge in [-0.3, -0.25) is 0 Å². The summed E-state index contributed by atoms with van der Waals surface area (Å²) in [5.74, 6) is 2.06. The van der Waals surface area contributed by atoms with Gasteiger partial charge >= 0.3 is 0 Å². The van der Waals surface area contributed by atoms with E-state index in [0.29, 0.717) is 0 Å². The third kappa shape index (κ3) is 1.24. The van der Waals surface area contributed by atoms with E-state index in [-0.39, 0.29) is 0 Å². The second kappa shape index (κ2) is 2.81. The van der Waals surface area contributed by atoms with Crippen LogP contribution in [-0.2, 0) is 0 Å². The Hall–Kier alpha value is -0.580. The Morgan fingerprint density at radius 3 is 2.73 bits per heavy atom. The van der Waals surface area contributed by atoms with E-state index < -0.39 is 0 Å². The van der Waals surface area contributed by atoms with Gasteiger partial charge in [0.25, 0.3) is 0 Å². The monoisotopic (exact) mass is 180 g/mol. The molecule has 0 aliphatic rings. The molecule has 0 saturated carbocycles. The largest absolute Gasteiger partial charge is 0.0836 e. The van der Waals surface area contributed by atoms with Crippen molar-refractivity contribution in [2.45, 2.75) is 0 Å². The molecular formula is C9H6ClP. The van der Waals surface area contributed by atoms with Crippen LogP contribution in [-0.4, -0.2) is 0 Å². The minimum absolute atomic E-state index is 0.847. The van der Waals surface area contributed by atoms with E-state index in [9.17, 15) is 0 Å². The molecule has 11 heavy (non-hydrogen) atoms. The summed E-state index contributed by atoms with van der Waals surface area (Å²) < 4.78 is 0. The number of benzene rings is 1. The van der Waals surface area contributed by atoms with Crippen molar-refractivity contribution in [2.24, 2.45) is 0 Å². The summed E-state index contributed by atoms with van der Waals surface area (Å²) >= 11 is 5.97. The van der Waals surface area contributed by atoms with Gasteiger partial charge in [0.2, 0.25) is 0 Å². The molecule has 0 amide bonds. The average Bonchev–Trinajstić information content (AvgIpc) is 2.06. The summed E-state index contributed by atoms with van der Waals surface area (Å²) in [5.41, 5.74) is 0. The van der Waals surface area contributed by atoms with Gasteiger partial charge in [-0.1, -0.05) is 38.0 Å². The molecule has 0 saturated heterocycles. The Kier molecular flexibility index (Phi) is 1.81. The van der Waals surface area contributed by atoms with Crippen molar-refractivity contribution >= 4 is 30.3 Å². The van der Waals surface area contributed by atoms with Gasteiger partial charge in [-0.25, -0.2) is 0 Å². The molecule has 1 aromatic carbocycles. The molecule has 0 fully saturated rings. The SMILES string of the molecule is Clc1ccpc2ccccc12. The maximum Gasteiger partial charge on any atom is 0.0491 e. The van der Waals surface area contributed by atoms with Crippen molar-refractivity contribution < 1.29 is 0 Å². The molecule has 0 nitrogen and oxygen atoms in total. The van der Waals surface area contributed by atoms with Gasteiger partial charge in [0.15, 0.2) is 0 Å². The van der Waals surface area contributed by atoms with Crippen LogP contribution in [0.15, 0.2) is 36.1 Å². The Morgan fingerprint density at radius 2 is 1.91 bits per heavy atom. The van der Waals surface area contributed by atoms with Crippen molar-refractivity contribution in [1.29, 1.82) is 0 Å². The highest BCUT2D eigenvalue weighted by Crippen LogP contribution is 2.28. The first-order chi connectivity index (χ1) is 5.38. The molecule has 2 aromatic rings. The number of hydrogen-bond donors (Lipinski definition) is 0. The average molecular weight is 181 g/mol. The van der Waals surface area contributed by atoms with Crippen LogP contribution in [0, 0.1) is 0 Å². The first-order valence-electron chi connectivity index (χ1n) is 3.37. The van der Waals surface area contributed by atoms with Gasteiger partial charge in [-0.05, 0) is 17.9 Å². The molecule has 0 aliphatic heterocycles. The lowest BCUT2D eigenvalue weighted by Gasteiger charge is -1.96. The molecular weight excluding hydrogens is 175 g/mol. The molecule has 0 bridgehead atoms. The lowest BCUT2D eigenvalue weighted by Crippen LogP contribution is -1.67. The maximum absolute atomic E-state index is 5.97. The zero-order chi connectivity index (χ0) is 7.68. The molecule has 0 atom stereocenters. The van der Waals surface area contributed by atoms with Gasteiger partial charge < -0.3 is 0 Å². The van der Waals surface area contributed by atoms with Gasteiger partial charge in [0, 0.05) is 15.5 Å². The van der Waals surface area contributed by atoms with Crippen LogP contribution in [0.2, 0.25) is 5.02 Å². The number of rotatable bonds is 0. The third-order valence-electron chi connectivity index (χ3n) is 1.60. The highest BCUT2D eigenvalue weighted by molar-refractivity contribution is 7.36. The molecule has 2 rings (SSSR count). The zero-order valence-electron chi connectivity index (χ0n) is 5.79. The first-order valence-corrected chi connectivity index (χ1v) is 4.71. The maximum atomic E-state index is 5.97. The molecule has 54 valence electrons. The van der Waals surface area contributed by atoms with Gasteiger partial charge in [0.05, 0.1) is 0 Å². The van der Waals surface area contributed by atoms with Crippen LogP contribution in [0.1, 0.15) is 0 Å². The van der Waals surface area contributed by atoms with E-state index in [1.807, 2.05) is 24.3 Å². The quantitative estimate of drug-likeness (QED) is 0.573. The molecule has 0 unspecified atom stereocenters. The van der Waals surface area contributed by atoms with E-state index in [4.69, 9.17) is 11.6 Å². The van der Waals surface area contributed by atoms with E-state index >= 15 is 0 Å². The van der Waals surface area contributed by atoms with Gasteiger partial charge in [0.1, 0.15) is 0 Å². The van der Waals surface area contributed by atoms with Crippen molar-refractivity contribution in [2.75, 3.05) is 0 Å². The highest BCUT2D eigenvalue weighted by Gasteiger charge is 1.94. The number of halogens is 1. The lowest BCUT2D eigenvalue weighted by atomic mass is 10.2. The molecule has 0 aliphatic carbocycles. The van der Waals surface area contributed by atoms with Crippen molar-refractivity contribution in [3.63, 3.8) is 0 Å². The smallest absolute Gasteiger partial charge is 0.0491 e. The third-order valence-corrected chi connectivity index (χ3v) is 2.89. The summed E-state index contributed by atoms with van der Waals surface area (Å²) in [6, 6.07) is 10.1. The normalized spacial score (nSPS) is 11.0. The predicted octanol–water partition coefficient (Wildman–Crippen LogP) is 4.07. The van der Waals surface area contributed by atoms with Crippen LogP contribution in [0.4, 0.5) is 0 Å². The zero-order valence-corrected chi connectivity index (χ0v) is 7.44. The van der Waals surface area contributed by atoms with E-state index in [2.05, 4.69) is 11.9 Å². The van der Waals surface area contributed by atoms with E-state index in [0.717, 1.165) is 5.02 Å². The topological polar surface area (TPSA) is 0 Å². The second-order valence-electron chi connectivity index (χ2n) is 2.31. The Labute approximate surface area is 71.9 Å². The predicted molar refractivity (Wildman–Crippen MR) is 51.5 cm³/mol. The standard InChI is InChI=1S/C9H6ClP/c10-8-5-6-11-9-4-2-1-3-7(8)9/h1-6H. The highest BCUT2D eigenvalue weighted by atomic mass is 35.5. The van der Waals surface area contributed by atoms with E-state index in [1.54, 1.807) is 0 Å². The molecule has 2 heteroatoms. The number of hydrogen-bond acceptors (Lipinski definition) is 0. The Balaban J connectivity index is 2.91. The van der Waals surface area contributed by atoms with E-state index in [1.165, 1.54) is 18.7 Å². The number of fused-ring (bicyclic) bond motifs is 1. The minimum Gasteiger partial charge on any atom is -0.0836 e. The minimum atomic E-state index is 0.847. The van der Waals surface area contributed by atoms with Gasteiger partial charge in [-0.15, -0.1) is 0 Å². The second-order valence-corrected chi connectivity index (χ2v) is 3.76. The fourth-order valence-corrected chi connectivity index (χ4v) is 2.33. The molecule has 1 heterocycles. The Morgan fingerprint density at radius 1 is 1.09 bits per heavy atom. The summed E-state index contributed by atoms with van der Waals surface area (Å²) in [4.78, 5) is 0. The summed E-state index contributed by atoms with van der Waals surface area (Å²) in [6.07, 6.45) is 0. The first kappa shape index (κ1) is 7.09. The molecule has 1 aromatic heterocycles. The summed E-state index contributed by atoms with van der Waals surface area (Å²) in [7, 11) is 1.24. The fourth-order valence-electron chi connectivity index (χ4n) is 1.06. The van der Waals surface area contributed by atoms with Crippen LogP contribution in [0.25, 0.3) is 10.5 Å². The van der Waals surface area contributed by atoms with Gasteiger partial charge in [-0.2, -0.15) is 0 Å².